The van der Waals surface area contributed by atoms with Crippen LogP contribution in [0.5, 0.6) is 0 Å². The van der Waals surface area contributed by atoms with Crippen LogP contribution in [-0.2, 0) is 16.2 Å². The van der Waals surface area contributed by atoms with E-state index in [4.69, 9.17) is 0 Å². The molecule has 0 aliphatic carbocycles. The number of nitrogens with zero attached hydrogens (tertiary/aromatic N) is 2. The Balaban J connectivity index is 1.88. The van der Waals surface area contributed by atoms with E-state index >= 15 is 0 Å². The quantitative estimate of drug-likeness (QED) is 0.530. The van der Waals surface area contributed by atoms with Crippen molar-refractivity contribution in [3.8, 4) is 0 Å². The van der Waals surface area contributed by atoms with Gasteiger partial charge in [-0.05, 0) is 44.2 Å². The van der Waals surface area contributed by atoms with Crippen LogP contribution in [0.25, 0.3) is 0 Å². The minimum atomic E-state index is -4.74. The lowest BCUT2D eigenvalue weighted by molar-refractivity contribution is -0.137. The molecule has 1 aliphatic heterocycles. The number of sulfonamides is 1. The SMILES string of the molecule is CC(=O)c1cccc(S(=O)(=O)N2CCN(c3ccc(F)cc3C(F)(F)F)CC2C)c1. The maximum Gasteiger partial charge on any atom is 0.418 e. The molecule has 0 saturated carbocycles. The number of alkyl halides is 3. The summed E-state index contributed by atoms with van der Waals surface area (Å²) in [5.74, 6) is -1.27. The summed E-state index contributed by atoms with van der Waals surface area (Å²) in [6.07, 6.45) is -4.74. The summed E-state index contributed by atoms with van der Waals surface area (Å²) in [4.78, 5) is 12.9. The predicted molar refractivity (Wildman–Crippen MR) is 103 cm³/mol. The molecule has 3 rings (SSSR count). The molecule has 1 aliphatic rings. The second-order valence-corrected chi connectivity index (χ2v) is 9.04. The number of carbonyl (C=O) groups excluding carboxylic acids is 1. The molecule has 1 unspecified atom stereocenters. The Morgan fingerprint density at radius 2 is 1.80 bits per heavy atom. The van der Waals surface area contributed by atoms with Crippen molar-refractivity contribution in [1.29, 1.82) is 0 Å². The molecule has 1 heterocycles. The van der Waals surface area contributed by atoms with Crippen molar-refractivity contribution in [3.63, 3.8) is 0 Å². The van der Waals surface area contributed by atoms with Crippen LogP contribution in [0.3, 0.4) is 0 Å². The van der Waals surface area contributed by atoms with Crippen molar-refractivity contribution in [3.05, 3.63) is 59.4 Å². The topological polar surface area (TPSA) is 57.7 Å². The van der Waals surface area contributed by atoms with E-state index in [1.54, 1.807) is 6.92 Å². The first-order valence-electron chi connectivity index (χ1n) is 9.16. The van der Waals surface area contributed by atoms with Crippen molar-refractivity contribution in [2.75, 3.05) is 24.5 Å². The van der Waals surface area contributed by atoms with Gasteiger partial charge in [0.15, 0.2) is 5.78 Å². The number of hydrogen-bond donors (Lipinski definition) is 0. The van der Waals surface area contributed by atoms with E-state index in [1.165, 1.54) is 40.4 Å². The lowest BCUT2D eigenvalue weighted by Gasteiger charge is -2.40. The van der Waals surface area contributed by atoms with E-state index in [-0.39, 0.29) is 41.6 Å². The first kappa shape index (κ1) is 22.2. The molecule has 0 bridgehead atoms. The van der Waals surface area contributed by atoms with Crippen LogP contribution in [0.1, 0.15) is 29.8 Å². The van der Waals surface area contributed by atoms with Crippen LogP contribution in [0, 0.1) is 5.82 Å². The highest BCUT2D eigenvalue weighted by Gasteiger charge is 2.39. The van der Waals surface area contributed by atoms with Gasteiger partial charge >= 0.3 is 6.18 Å². The Morgan fingerprint density at radius 3 is 2.40 bits per heavy atom. The Kier molecular flexibility index (Phi) is 5.92. The van der Waals surface area contributed by atoms with Crippen LogP contribution < -0.4 is 4.90 Å². The zero-order chi connectivity index (χ0) is 22.3. The summed E-state index contributed by atoms with van der Waals surface area (Å²) in [6.45, 7) is 2.87. The maximum atomic E-state index is 13.4. The molecule has 0 aromatic heterocycles. The molecule has 5 nitrogen and oxygen atoms in total. The molecular weight excluding hydrogens is 424 g/mol. The third-order valence-corrected chi connectivity index (χ3v) is 7.03. The highest BCUT2D eigenvalue weighted by Crippen LogP contribution is 2.38. The largest absolute Gasteiger partial charge is 0.418 e. The molecule has 30 heavy (non-hydrogen) atoms. The van der Waals surface area contributed by atoms with Gasteiger partial charge in [0.1, 0.15) is 5.82 Å². The van der Waals surface area contributed by atoms with Gasteiger partial charge in [0, 0.05) is 36.9 Å². The van der Waals surface area contributed by atoms with Crippen LogP contribution in [0.15, 0.2) is 47.4 Å². The van der Waals surface area contributed by atoms with Gasteiger partial charge in [-0.1, -0.05) is 12.1 Å². The third kappa shape index (κ3) is 4.34. The van der Waals surface area contributed by atoms with E-state index in [0.29, 0.717) is 6.07 Å². The first-order chi connectivity index (χ1) is 13.9. The molecule has 0 amide bonds. The highest BCUT2D eigenvalue weighted by atomic mass is 32.2. The fraction of sp³-hybridized carbons (Fsp3) is 0.350. The van der Waals surface area contributed by atoms with Gasteiger partial charge in [-0.25, -0.2) is 12.8 Å². The van der Waals surface area contributed by atoms with Crippen molar-refractivity contribution in [1.82, 2.24) is 4.31 Å². The van der Waals surface area contributed by atoms with Crippen molar-refractivity contribution in [2.45, 2.75) is 31.0 Å². The second-order valence-electron chi connectivity index (χ2n) is 7.15. The van der Waals surface area contributed by atoms with Crippen molar-refractivity contribution < 1.29 is 30.8 Å². The van der Waals surface area contributed by atoms with Gasteiger partial charge < -0.3 is 4.90 Å². The summed E-state index contributed by atoms with van der Waals surface area (Å²) < 4.78 is 80.7. The molecule has 1 atom stereocenters. The van der Waals surface area contributed by atoms with Crippen LogP contribution in [-0.4, -0.2) is 44.2 Å². The van der Waals surface area contributed by atoms with Gasteiger partial charge in [-0.3, -0.25) is 4.79 Å². The first-order valence-corrected chi connectivity index (χ1v) is 10.6. The molecule has 0 N–H and O–H groups in total. The fourth-order valence-electron chi connectivity index (χ4n) is 3.54. The molecule has 2 aromatic carbocycles. The van der Waals surface area contributed by atoms with Gasteiger partial charge in [-0.15, -0.1) is 0 Å². The number of halogens is 4. The minimum Gasteiger partial charge on any atom is -0.368 e. The molecule has 1 saturated heterocycles. The highest BCUT2D eigenvalue weighted by molar-refractivity contribution is 7.89. The lowest BCUT2D eigenvalue weighted by Crippen LogP contribution is -2.54. The van der Waals surface area contributed by atoms with Crippen LogP contribution in [0.2, 0.25) is 0 Å². The van der Waals surface area contributed by atoms with E-state index in [2.05, 4.69) is 0 Å². The Bertz CT molecular complexity index is 1070. The average Bonchev–Trinajstić information content (AvgIpc) is 2.67. The summed E-state index contributed by atoms with van der Waals surface area (Å²) in [5, 5.41) is 0. The van der Waals surface area contributed by atoms with Crippen LogP contribution in [0.4, 0.5) is 23.2 Å². The molecular formula is C20H20F4N2O3S. The monoisotopic (exact) mass is 444 g/mol. The molecule has 1 fully saturated rings. The van der Waals surface area contributed by atoms with Crippen LogP contribution >= 0.6 is 0 Å². The molecule has 2 aromatic rings. The standard InChI is InChI=1S/C20H20F4N2O3S/c1-13-12-25(19-7-6-16(21)11-18(19)20(22,23)24)8-9-26(13)30(28,29)17-5-3-4-15(10-17)14(2)27/h3-7,10-11,13H,8-9,12H2,1-2H3. The summed E-state index contributed by atoms with van der Waals surface area (Å²) in [5.41, 5.74) is -1.03. The number of rotatable bonds is 4. The molecule has 0 radical (unpaired) electrons. The molecule has 162 valence electrons. The van der Waals surface area contributed by atoms with E-state index in [1.807, 2.05) is 0 Å². The van der Waals surface area contributed by atoms with E-state index < -0.39 is 33.6 Å². The summed E-state index contributed by atoms with van der Waals surface area (Å²) in [6, 6.07) is 7.46. The molecule has 10 heteroatoms. The number of piperazine rings is 1. The average molecular weight is 444 g/mol. The summed E-state index contributed by atoms with van der Waals surface area (Å²) in [7, 11) is -3.95. The third-order valence-electron chi connectivity index (χ3n) is 5.02. The number of ketones is 1. The Labute approximate surface area is 172 Å². The van der Waals surface area contributed by atoms with Gasteiger partial charge in [0.05, 0.1) is 10.5 Å². The molecule has 0 spiro atoms. The lowest BCUT2D eigenvalue weighted by atomic mass is 10.1. The zero-order valence-electron chi connectivity index (χ0n) is 16.3. The number of Topliss-reactive ketones (excluding diaryl/α,β-unsaturated/α-hetero) is 1. The van der Waals surface area contributed by atoms with E-state index in [0.717, 1.165) is 12.1 Å². The smallest absolute Gasteiger partial charge is 0.368 e. The van der Waals surface area contributed by atoms with Gasteiger partial charge in [-0.2, -0.15) is 17.5 Å². The Hall–Kier alpha value is -2.46. The van der Waals surface area contributed by atoms with Crippen molar-refractivity contribution >= 4 is 21.5 Å². The number of anilines is 1. The fourth-order valence-corrected chi connectivity index (χ4v) is 5.20. The zero-order valence-corrected chi connectivity index (χ0v) is 17.1. The van der Waals surface area contributed by atoms with Gasteiger partial charge in [0.2, 0.25) is 10.0 Å². The number of benzene rings is 2. The van der Waals surface area contributed by atoms with Gasteiger partial charge in [0.25, 0.3) is 0 Å². The maximum absolute atomic E-state index is 13.4. The Morgan fingerprint density at radius 1 is 1.10 bits per heavy atom. The van der Waals surface area contributed by atoms with Crippen molar-refractivity contribution in [2.24, 2.45) is 0 Å². The summed E-state index contributed by atoms with van der Waals surface area (Å²) >= 11 is 0. The normalized spacial score (nSPS) is 18.5. The number of carbonyl (C=O) groups is 1. The predicted octanol–water partition coefficient (Wildman–Crippen LogP) is 3.95. The van der Waals surface area contributed by atoms with E-state index in [9.17, 15) is 30.8 Å². The minimum absolute atomic E-state index is 0.000339. The number of hydrogen-bond acceptors (Lipinski definition) is 4. The second kappa shape index (κ2) is 7.99.